The van der Waals surface area contributed by atoms with Crippen LogP contribution in [0.5, 0.6) is 11.5 Å². The first-order valence-corrected chi connectivity index (χ1v) is 7.57. The lowest BCUT2D eigenvalue weighted by Crippen LogP contribution is -2.31. The third-order valence-corrected chi connectivity index (χ3v) is 3.74. The second-order valence-electron chi connectivity index (χ2n) is 5.06. The molecule has 2 amide bonds. The number of urea groups is 1. The van der Waals surface area contributed by atoms with Crippen LogP contribution in [0, 0.1) is 5.82 Å². The second-order valence-corrected chi connectivity index (χ2v) is 5.47. The molecule has 128 valence electrons. The molecular formula is C17H18ClFN2O3. The van der Waals surface area contributed by atoms with E-state index in [-0.39, 0.29) is 11.9 Å². The number of rotatable bonds is 5. The molecule has 2 rings (SSSR count). The van der Waals surface area contributed by atoms with Crippen molar-refractivity contribution in [2.24, 2.45) is 0 Å². The molecule has 2 aromatic carbocycles. The number of amides is 2. The monoisotopic (exact) mass is 352 g/mol. The molecular weight excluding hydrogens is 335 g/mol. The smallest absolute Gasteiger partial charge is 0.319 e. The van der Waals surface area contributed by atoms with Gasteiger partial charge in [-0.2, -0.15) is 0 Å². The second kappa shape index (κ2) is 7.88. The van der Waals surface area contributed by atoms with Crippen LogP contribution in [0.1, 0.15) is 18.5 Å². The summed E-state index contributed by atoms with van der Waals surface area (Å²) in [5.41, 5.74) is 1.20. The van der Waals surface area contributed by atoms with Gasteiger partial charge in [0, 0.05) is 12.1 Å². The minimum absolute atomic E-state index is 0.300. The molecule has 0 saturated carbocycles. The zero-order valence-electron chi connectivity index (χ0n) is 13.5. The summed E-state index contributed by atoms with van der Waals surface area (Å²) in [6.45, 7) is 1.80. The summed E-state index contributed by atoms with van der Waals surface area (Å²) in [5.74, 6) is 0.498. The highest BCUT2D eigenvalue weighted by Gasteiger charge is 2.14. The van der Waals surface area contributed by atoms with E-state index in [0.29, 0.717) is 22.2 Å². The third-order valence-electron chi connectivity index (χ3n) is 3.44. The van der Waals surface area contributed by atoms with Crippen LogP contribution in [0.4, 0.5) is 14.9 Å². The number of carbonyl (C=O) groups is 1. The maximum atomic E-state index is 13.0. The molecule has 0 aliphatic heterocycles. The predicted octanol–water partition coefficient (Wildman–Crippen LogP) is 4.38. The fraction of sp³-hybridized carbons (Fsp3) is 0.235. The van der Waals surface area contributed by atoms with Crippen molar-refractivity contribution in [3.63, 3.8) is 0 Å². The number of anilines is 1. The first-order valence-electron chi connectivity index (χ1n) is 7.19. The topological polar surface area (TPSA) is 59.6 Å². The van der Waals surface area contributed by atoms with Crippen LogP contribution in [0.25, 0.3) is 0 Å². The lowest BCUT2D eigenvalue weighted by atomic mass is 10.1. The Kier molecular flexibility index (Phi) is 5.87. The molecule has 0 bridgehead atoms. The van der Waals surface area contributed by atoms with E-state index in [1.807, 2.05) is 0 Å². The van der Waals surface area contributed by atoms with Gasteiger partial charge in [-0.25, -0.2) is 9.18 Å². The van der Waals surface area contributed by atoms with Crippen LogP contribution in [0.15, 0.2) is 36.4 Å². The van der Waals surface area contributed by atoms with E-state index < -0.39 is 6.03 Å². The Morgan fingerprint density at radius 2 is 1.75 bits per heavy atom. The molecule has 7 heteroatoms. The van der Waals surface area contributed by atoms with Crippen molar-refractivity contribution in [2.45, 2.75) is 13.0 Å². The standard InChI is InChI=1S/C17H18ClFN2O3/c1-10(11-4-6-12(19)7-5-11)20-17(22)21-14-9-15(23-2)13(18)8-16(14)24-3/h4-10H,1-3H3,(H2,20,21,22)/t10-/m0/s1. The van der Waals surface area contributed by atoms with Crippen LogP contribution in [0.3, 0.4) is 0 Å². The number of halogens is 2. The quantitative estimate of drug-likeness (QED) is 0.839. The van der Waals surface area contributed by atoms with Crippen LogP contribution >= 0.6 is 11.6 Å². The lowest BCUT2D eigenvalue weighted by molar-refractivity contribution is 0.249. The van der Waals surface area contributed by atoms with Gasteiger partial charge in [-0.3, -0.25) is 0 Å². The SMILES string of the molecule is COc1cc(NC(=O)N[C@@H](C)c2ccc(F)cc2)c(OC)cc1Cl. The molecule has 0 radical (unpaired) electrons. The highest BCUT2D eigenvalue weighted by molar-refractivity contribution is 6.32. The largest absolute Gasteiger partial charge is 0.495 e. The fourth-order valence-corrected chi connectivity index (χ4v) is 2.38. The van der Waals surface area contributed by atoms with E-state index in [9.17, 15) is 9.18 Å². The van der Waals surface area contributed by atoms with Crippen molar-refractivity contribution < 1.29 is 18.7 Å². The van der Waals surface area contributed by atoms with Crippen LogP contribution < -0.4 is 20.1 Å². The summed E-state index contributed by atoms with van der Waals surface area (Å²) in [6, 6.07) is 8.32. The van der Waals surface area contributed by atoms with Gasteiger partial charge >= 0.3 is 6.03 Å². The Bertz CT molecular complexity index is 723. The van der Waals surface area contributed by atoms with Crippen LogP contribution in [0.2, 0.25) is 5.02 Å². The van der Waals surface area contributed by atoms with Crippen molar-refractivity contribution >= 4 is 23.3 Å². The summed E-state index contributed by atoms with van der Waals surface area (Å²) in [5, 5.41) is 5.83. The molecule has 1 atom stereocenters. The number of hydrogen-bond acceptors (Lipinski definition) is 3. The number of methoxy groups -OCH3 is 2. The fourth-order valence-electron chi connectivity index (χ4n) is 2.15. The summed E-state index contributed by atoms with van der Waals surface area (Å²) in [7, 11) is 2.95. The molecule has 0 spiro atoms. The number of carbonyl (C=O) groups excluding carboxylic acids is 1. The van der Waals surface area contributed by atoms with Gasteiger partial charge in [0.05, 0.1) is 31.0 Å². The van der Waals surface area contributed by atoms with Crippen molar-refractivity contribution in [3.8, 4) is 11.5 Å². The summed E-state index contributed by atoms with van der Waals surface area (Å²) < 4.78 is 23.3. The average molecular weight is 353 g/mol. The Hall–Kier alpha value is -2.47. The van der Waals surface area contributed by atoms with Gasteiger partial charge in [0.2, 0.25) is 0 Å². The van der Waals surface area contributed by atoms with Gasteiger partial charge in [-0.1, -0.05) is 23.7 Å². The molecule has 0 aliphatic carbocycles. The number of benzene rings is 2. The zero-order chi connectivity index (χ0) is 17.7. The molecule has 24 heavy (non-hydrogen) atoms. The van der Waals surface area contributed by atoms with E-state index in [2.05, 4.69) is 10.6 Å². The highest BCUT2D eigenvalue weighted by Crippen LogP contribution is 2.35. The summed E-state index contributed by atoms with van der Waals surface area (Å²) >= 11 is 6.03. The normalized spacial score (nSPS) is 11.5. The highest BCUT2D eigenvalue weighted by atomic mass is 35.5. The molecule has 0 unspecified atom stereocenters. The minimum Gasteiger partial charge on any atom is -0.495 e. The molecule has 0 saturated heterocycles. The van der Waals surface area contributed by atoms with Crippen LogP contribution in [-0.4, -0.2) is 20.3 Å². The predicted molar refractivity (Wildman–Crippen MR) is 91.5 cm³/mol. The molecule has 0 fully saturated rings. The zero-order valence-corrected chi connectivity index (χ0v) is 14.3. The van der Waals surface area contributed by atoms with Gasteiger partial charge < -0.3 is 20.1 Å². The van der Waals surface area contributed by atoms with Gasteiger partial charge in [-0.15, -0.1) is 0 Å². The van der Waals surface area contributed by atoms with Gasteiger partial charge in [-0.05, 0) is 24.6 Å². The third kappa shape index (κ3) is 4.29. The van der Waals surface area contributed by atoms with E-state index in [1.54, 1.807) is 31.2 Å². The Morgan fingerprint density at radius 3 is 2.33 bits per heavy atom. The van der Waals surface area contributed by atoms with Crippen molar-refractivity contribution in [2.75, 3.05) is 19.5 Å². The summed E-state index contributed by atoms with van der Waals surface area (Å²) in [4.78, 5) is 12.2. The van der Waals surface area contributed by atoms with Crippen molar-refractivity contribution in [3.05, 3.63) is 52.8 Å². The first-order chi connectivity index (χ1) is 11.4. The Morgan fingerprint density at radius 1 is 1.12 bits per heavy atom. The number of ether oxygens (including phenoxy) is 2. The molecule has 5 nitrogen and oxygen atoms in total. The van der Waals surface area contributed by atoms with E-state index >= 15 is 0 Å². The van der Waals surface area contributed by atoms with Crippen molar-refractivity contribution in [1.29, 1.82) is 0 Å². The molecule has 0 aliphatic rings. The van der Waals surface area contributed by atoms with Crippen LogP contribution in [-0.2, 0) is 0 Å². The summed E-state index contributed by atoms with van der Waals surface area (Å²) in [6.07, 6.45) is 0. The molecule has 2 aromatic rings. The minimum atomic E-state index is -0.436. The molecule has 0 aromatic heterocycles. The van der Waals surface area contributed by atoms with Gasteiger partial charge in [0.1, 0.15) is 17.3 Å². The first kappa shape index (κ1) is 17.9. The maximum absolute atomic E-state index is 13.0. The van der Waals surface area contributed by atoms with Crippen molar-refractivity contribution in [1.82, 2.24) is 5.32 Å². The number of hydrogen-bond donors (Lipinski definition) is 2. The molecule has 2 N–H and O–H groups in total. The van der Waals surface area contributed by atoms with Gasteiger partial charge in [0.15, 0.2) is 0 Å². The molecule has 0 heterocycles. The number of nitrogens with one attached hydrogen (secondary N) is 2. The van der Waals surface area contributed by atoms with E-state index in [0.717, 1.165) is 5.56 Å². The maximum Gasteiger partial charge on any atom is 0.319 e. The van der Waals surface area contributed by atoms with E-state index in [1.165, 1.54) is 26.4 Å². The average Bonchev–Trinajstić information content (AvgIpc) is 2.56. The lowest BCUT2D eigenvalue weighted by Gasteiger charge is -2.17. The van der Waals surface area contributed by atoms with E-state index in [4.69, 9.17) is 21.1 Å². The van der Waals surface area contributed by atoms with Gasteiger partial charge in [0.25, 0.3) is 0 Å². The Balaban J connectivity index is 2.10. The Labute approximate surface area is 144 Å².